The number of aliphatic carboxylic acids is 1. The zero-order chi connectivity index (χ0) is 36.6. The fraction of sp³-hybridized carbons (Fsp3) is 0.421. The quantitative estimate of drug-likeness (QED) is 0.316. The maximum Gasteiger partial charge on any atom is 0.343 e. The van der Waals surface area contributed by atoms with Crippen LogP contribution in [0.5, 0.6) is 0 Å². The Labute approximate surface area is 317 Å². The molecule has 2 unspecified atom stereocenters. The van der Waals surface area contributed by atoms with Gasteiger partial charge in [0.1, 0.15) is 0 Å². The standard InChI is InChI=1S/C38H41Cl3N6O5/c39-29-9-6-26(7-10-29)33(48)45-19-13-37(25-45,28-8-11-30(40)31(41)24-28)12-16-43-17-14-38(15-18-43,27-4-2-1-3-5-27)35(51)42-36(52)47-32(34(49)50)44-20-22-46(47)23-21-44/h1-11,24,32H,12-23,25H2,(H,49,50)(H,42,51,52). The van der Waals surface area contributed by atoms with E-state index >= 15 is 0 Å². The average molecular weight is 768 g/mol. The fourth-order valence-corrected chi connectivity index (χ4v) is 8.84. The molecule has 3 aromatic carbocycles. The van der Waals surface area contributed by atoms with Gasteiger partial charge in [0.2, 0.25) is 12.1 Å². The van der Waals surface area contributed by atoms with Gasteiger partial charge < -0.3 is 14.9 Å². The number of carboxylic acid groups (broad SMARTS) is 1. The van der Waals surface area contributed by atoms with Crippen molar-refractivity contribution in [2.75, 3.05) is 58.9 Å². The molecule has 8 rings (SSSR count). The van der Waals surface area contributed by atoms with Gasteiger partial charge in [-0.2, -0.15) is 0 Å². The molecule has 5 saturated heterocycles. The highest BCUT2D eigenvalue weighted by molar-refractivity contribution is 6.42. The van der Waals surface area contributed by atoms with Crippen molar-refractivity contribution in [3.8, 4) is 0 Å². The van der Waals surface area contributed by atoms with Crippen LogP contribution in [0.4, 0.5) is 4.79 Å². The normalized spacial score (nSPS) is 25.6. The molecule has 274 valence electrons. The number of piperidine rings is 1. The van der Waals surface area contributed by atoms with Crippen LogP contribution in [0.2, 0.25) is 15.1 Å². The fourth-order valence-electron chi connectivity index (χ4n) is 8.42. The molecule has 0 spiro atoms. The largest absolute Gasteiger partial charge is 0.479 e. The van der Waals surface area contributed by atoms with Crippen molar-refractivity contribution < 1.29 is 24.3 Å². The molecule has 3 aromatic rings. The molecule has 4 amide bonds. The predicted octanol–water partition coefficient (Wildman–Crippen LogP) is 5.35. The van der Waals surface area contributed by atoms with Gasteiger partial charge in [-0.3, -0.25) is 19.8 Å². The highest BCUT2D eigenvalue weighted by Crippen LogP contribution is 2.42. The summed E-state index contributed by atoms with van der Waals surface area (Å²) in [6.45, 7) is 5.13. The van der Waals surface area contributed by atoms with Gasteiger partial charge >= 0.3 is 12.0 Å². The second kappa shape index (κ2) is 15.0. The molecular formula is C38H41Cl3N6O5. The summed E-state index contributed by atoms with van der Waals surface area (Å²) in [5.74, 6) is -1.60. The third-order valence-corrected chi connectivity index (χ3v) is 12.5. The van der Waals surface area contributed by atoms with Crippen molar-refractivity contribution in [3.05, 3.63) is 105 Å². The second-order valence-corrected chi connectivity index (χ2v) is 15.5. The summed E-state index contributed by atoms with van der Waals surface area (Å²) in [6.07, 6.45) is 1.28. The number of carbonyl (C=O) groups excluding carboxylic acids is 3. The van der Waals surface area contributed by atoms with Crippen LogP contribution < -0.4 is 5.32 Å². The lowest BCUT2D eigenvalue weighted by Gasteiger charge is -2.52. The molecule has 0 aromatic heterocycles. The van der Waals surface area contributed by atoms with Crippen LogP contribution in [0, 0.1) is 0 Å². The van der Waals surface area contributed by atoms with E-state index in [4.69, 9.17) is 34.8 Å². The number of nitrogens with zero attached hydrogens (tertiary/aromatic N) is 5. The number of hydrogen-bond donors (Lipinski definition) is 2. The van der Waals surface area contributed by atoms with Crippen molar-refractivity contribution in [1.29, 1.82) is 0 Å². The van der Waals surface area contributed by atoms with Crippen LogP contribution in [0.1, 0.15) is 47.2 Å². The number of benzene rings is 3. The van der Waals surface area contributed by atoms with E-state index < -0.39 is 29.5 Å². The number of carboxylic acids is 1. The highest BCUT2D eigenvalue weighted by atomic mass is 35.5. The number of likely N-dealkylation sites (tertiary alicyclic amines) is 2. The molecule has 2 bridgehead atoms. The zero-order valence-corrected chi connectivity index (χ0v) is 30.9. The van der Waals surface area contributed by atoms with Crippen LogP contribution in [0.3, 0.4) is 0 Å². The number of halogens is 3. The molecule has 0 aliphatic carbocycles. The van der Waals surface area contributed by atoms with Crippen LogP contribution in [-0.2, 0) is 20.4 Å². The molecule has 0 saturated carbocycles. The Morgan fingerprint density at radius 1 is 0.769 bits per heavy atom. The number of fused-ring (bicyclic) bond motifs is 3. The Morgan fingerprint density at radius 3 is 2.12 bits per heavy atom. The van der Waals surface area contributed by atoms with Crippen LogP contribution in [0.25, 0.3) is 0 Å². The molecular weight excluding hydrogens is 727 g/mol. The van der Waals surface area contributed by atoms with E-state index in [1.807, 2.05) is 53.4 Å². The number of piperazine rings is 1. The summed E-state index contributed by atoms with van der Waals surface area (Å²) < 4.78 is 0. The first kappa shape index (κ1) is 36.6. The maximum absolute atomic E-state index is 14.2. The minimum Gasteiger partial charge on any atom is -0.479 e. The minimum absolute atomic E-state index is 0.0502. The number of amides is 4. The molecule has 5 fully saturated rings. The molecule has 5 aliphatic heterocycles. The maximum atomic E-state index is 14.2. The second-order valence-electron chi connectivity index (χ2n) is 14.2. The highest BCUT2D eigenvalue weighted by Gasteiger charge is 2.49. The van der Waals surface area contributed by atoms with E-state index in [2.05, 4.69) is 10.2 Å². The van der Waals surface area contributed by atoms with Crippen molar-refractivity contribution >= 4 is 58.6 Å². The first-order chi connectivity index (χ1) is 25.0. The number of nitrogens with one attached hydrogen (secondary N) is 1. The van der Waals surface area contributed by atoms with Crippen LogP contribution in [0.15, 0.2) is 72.8 Å². The Balaban J connectivity index is 1.07. The molecule has 2 atom stereocenters. The first-order valence-electron chi connectivity index (χ1n) is 17.6. The smallest absolute Gasteiger partial charge is 0.343 e. The zero-order valence-electron chi connectivity index (χ0n) is 28.6. The van der Waals surface area contributed by atoms with E-state index in [1.165, 1.54) is 5.01 Å². The number of rotatable bonds is 8. The Kier molecular flexibility index (Phi) is 10.5. The van der Waals surface area contributed by atoms with Gasteiger partial charge in [0.25, 0.3) is 5.91 Å². The molecule has 52 heavy (non-hydrogen) atoms. The third kappa shape index (κ3) is 7.02. The number of imide groups is 1. The summed E-state index contributed by atoms with van der Waals surface area (Å²) in [7, 11) is 0. The van der Waals surface area contributed by atoms with E-state index in [0.717, 1.165) is 24.0 Å². The third-order valence-electron chi connectivity index (χ3n) is 11.5. The van der Waals surface area contributed by atoms with Crippen LogP contribution in [-0.4, -0.2) is 119 Å². The number of carbonyl (C=O) groups is 4. The average Bonchev–Trinajstić information content (AvgIpc) is 3.61. The Hall–Kier alpha value is -3.71. The van der Waals surface area contributed by atoms with Crippen LogP contribution >= 0.6 is 34.8 Å². The van der Waals surface area contributed by atoms with Gasteiger partial charge in [-0.1, -0.05) is 71.2 Å². The first-order valence-corrected chi connectivity index (χ1v) is 18.8. The molecule has 11 nitrogen and oxygen atoms in total. The van der Waals surface area contributed by atoms with Gasteiger partial charge in [0.15, 0.2) is 0 Å². The van der Waals surface area contributed by atoms with E-state index in [-0.39, 0.29) is 11.3 Å². The van der Waals surface area contributed by atoms with Gasteiger partial charge in [-0.05, 0) is 92.8 Å². The molecule has 5 aliphatic rings. The predicted molar refractivity (Wildman–Crippen MR) is 198 cm³/mol. The van der Waals surface area contributed by atoms with Crippen molar-refractivity contribution in [3.63, 3.8) is 0 Å². The SMILES string of the molecule is O=C(O)C1N2CCN(CC2)N1C(=O)NC(=O)C1(c2ccccc2)CCN(CCC2(c3ccc(Cl)c(Cl)c3)CCN(C(=O)c3ccc(Cl)cc3)C2)CC1. The monoisotopic (exact) mass is 766 g/mol. The summed E-state index contributed by atoms with van der Waals surface area (Å²) in [5, 5.41) is 17.0. The topological polar surface area (TPSA) is 117 Å². The number of urea groups is 1. The van der Waals surface area contributed by atoms with E-state index in [1.54, 1.807) is 34.2 Å². The molecule has 0 radical (unpaired) electrons. The number of hydrazine groups is 1. The Bertz CT molecular complexity index is 1830. The van der Waals surface area contributed by atoms with Crippen molar-refractivity contribution in [1.82, 2.24) is 30.0 Å². The molecule has 2 N–H and O–H groups in total. The molecule has 14 heteroatoms. The summed E-state index contributed by atoms with van der Waals surface area (Å²) in [4.78, 5) is 59.6. The van der Waals surface area contributed by atoms with E-state index in [9.17, 15) is 24.3 Å². The summed E-state index contributed by atoms with van der Waals surface area (Å²) in [5.41, 5.74) is 1.08. The number of hydrogen-bond acceptors (Lipinski definition) is 7. The summed E-state index contributed by atoms with van der Waals surface area (Å²) >= 11 is 18.9. The van der Waals surface area contributed by atoms with Crippen molar-refractivity contribution in [2.45, 2.75) is 42.7 Å². The van der Waals surface area contributed by atoms with Crippen molar-refractivity contribution in [2.24, 2.45) is 0 Å². The van der Waals surface area contributed by atoms with Gasteiger partial charge in [0.05, 0.1) is 15.5 Å². The minimum atomic E-state index is -1.15. The van der Waals surface area contributed by atoms with E-state index in [0.29, 0.717) is 92.4 Å². The van der Waals surface area contributed by atoms with Gasteiger partial charge in [-0.15, -0.1) is 0 Å². The lowest BCUT2D eigenvalue weighted by atomic mass is 9.71. The summed E-state index contributed by atoms with van der Waals surface area (Å²) in [6, 6.07) is 21.4. The molecule has 5 heterocycles. The lowest BCUT2D eigenvalue weighted by Crippen LogP contribution is -2.74. The Morgan fingerprint density at radius 2 is 1.46 bits per heavy atom. The van der Waals surface area contributed by atoms with Gasteiger partial charge in [0, 0.05) is 55.3 Å². The lowest BCUT2D eigenvalue weighted by molar-refractivity contribution is -0.190. The van der Waals surface area contributed by atoms with Gasteiger partial charge in [-0.25, -0.2) is 19.6 Å².